The summed E-state index contributed by atoms with van der Waals surface area (Å²) in [6.07, 6.45) is 7.40. The summed E-state index contributed by atoms with van der Waals surface area (Å²) in [5.41, 5.74) is 10.2. The Labute approximate surface area is 150 Å². The third-order valence-electron chi connectivity index (χ3n) is 5.40. The Morgan fingerprint density at radius 1 is 1.25 bits per heavy atom. The molecule has 0 aromatic heterocycles. The lowest BCUT2D eigenvalue weighted by molar-refractivity contribution is -0.128. The lowest BCUT2D eigenvalue weighted by Crippen LogP contribution is -2.45. The average molecular weight is 353 g/mol. The van der Waals surface area contributed by atoms with E-state index < -0.39 is 0 Å². The van der Waals surface area contributed by atoms with E-state index in [0.717, 1.165) is 19.3 Å². The Hall–Kier alpha value is -1.10. The molecular formula is C19H29ClN2O2. The maximum atomic E-state index is 12.4. The molecule has 0 unspecified atom stereocenters. The normalized spacial score (nSPS) is 26.2. The summed E-state index contributed by atoms with van der Waals surface area (Å²) < 4.78 is 5.40. The first kappa shape index (κ1) is 19.2. The van der Waals surface area contributed by atoms with Gasteiger partial charge in [0.05, 0.1) is 6.10 Å². The maximum Gasteiger partial charge on any atom is 0.223 e. The molecule has 1 fully saturated rings. The minimum atomic E-state index is 0. The van der Waals surface area contributed by atoms with Crippen molar-refractivity contribution in [1.82, 2.24) is 5.32 Å². The van der Waals surface area contributed by atoms with Crippen LogP contribution in [0.5, 0.6) is 0 Å². The topological polar surface area (TPSA) is 64.3 Å². The third kappa shape index (κ3) is 4.50. The Morgan fingerprint density at radius 3 is 2.75 bits per heavy atom. The van der Waals surface area contributed by atoms with Gasteiger partial charge in [0.2, 0.25) is 5.91 Å². The summed E-state index contributed by atoms with van der Waals surface area (Å²) in [7, 11) is 1.68. The first-order valence-electron chi connectivity index (χ1n) is 8.84. The number of carbonyl (C=O) groups is 1. The fourth-order valence-corrected chi connectivity index (χ4v) is 3.89. The van der Waals surface area contributed by atoms with Crippen LogP contribution in [0.25, 0.3) is 0 Å². The second-order valence-corrected chi connectivity index (χ2v) is 6.98. The van der Waals surface area contributed by atoms with Gasteiger partial charge in [-0.3, -0.25) is 4.79 Å². The number of rotatable bonds is 4. The number of aryl methyl sites for hydroxylation is 2. The van der Waals surface area contributed by atoms with Gasteiger partial charge in [-0.2, -0.15) is 0 Å². The van der Waals surface area contributed by atoms with E-state index in [-0.39, 0.29) is 36.4 Å². The van der Waals surface area contributed by atoms with Crippen molar-refractivity contribution in [3.05, 3.63) is 34.9 Å². The summed E-state index contributed by atoms with van der Waals surface area (Å²) in [5.74, 6) is 0.161. The van der Waals surface area contributed by atoms with Crippen molar-refractivity contribution >= 4 is 18.3 Å². The minimum absolute atomic E-state index is 0. The molecule has 1 amide bonds. The van der Waals surface area contributed by atoms with E-state index in [1.807, 2.05) is 0 Å². The standard InChI is InChI=1S/C19H28N2O2.ClH/c1-23-18-11-16(8-9-17(18)20)19(22)21-12-13-6-7-14-4-2-3-5-15(14)10-13;/h6-7,10,16-18H,2-5,8-9,11-12,20H2,1H3,(H,21,22);1H/t16-,17+,18+;/m0./s1. The number of nitrogens with one attached hydrogen (secondary N) is 1. The molecule has 2 aliphatic carbocycles. The van der Waals surface area contributed by atoms with Crippen LogP contribution >= 0.6 is 12.4 Å². The van der Waals surface area contributed by atoms with Gasteiger partial charge in [0.1, 0.15) is 0 Å². The summed E-state index contributed by atoms with van der Waals surface area (Å²) in [5, 5.41) is 3.10. The molecule has 5 heteroatoms. The first-order valence-corrected chi connectivity index (χ1v) is 8.84. The molecule has 0 heterocycles. The molecule has 134 valence electrons. The molecule has 4 nitrogen and oxygen atoms in total. The van der Waals surface area contributed by atoms with Crippen LogP contribution in [0, 0.1) is 5.92 Å². The van der Waals surface area contributed by atoms with Crippen LogP contribution in [-0.2, 0) is 28.9 Å². The lowest BCUT2D eigenvalue weighted by atomic mass is 9.83. The number of nitrogens with two attached hydrogens (primary N) is 1. The molecule has 0 radical (unpaired) electrons. The molecule has 3 atom stereocenters. The zero-order valence-electron chi connectivity index (χ0n) is 14.4. The zero-order valence-corrected chi connectivity index (χ0v) is 15.2. The smallest absolute Gasteiger partial charge is 0.223 e. The van der Waals surface area contributed by atoms with Gasteiger partial charge in [0, 0.05) is 25.6 Å². The SMILES string of the molecule is CO[C@@H]1C[C@@H](C(=O)NCc2ccc3c(c2)CCCC3)CC[C@H]1N.Cl. The summed E-state index contributed by atoms with van der Waals surface area (Å²) in [6.45, 7) is 0.617. The lowest BCUT2D eigenvalue weighted by Gasteiger charge is -2.32. The van der Waals surface area contributed by atoms with Crippen molar-refractivity contribution in [3.63, 3.8) is 0 Å². The molecule has 0 bridgehead atoms. The molecule has 3 N–H and O–H groups in total. The number of ether oxygens (including phenoxy) is 1. The minimum Gasteiger partial charge on any atom is -0.380 e. The highest BCUT2D eigenvalue weighted by atomic mass is 35.5. The molecule has 1 aromatic rings. The number of methoxy groups -OCH3 is 1. The van der Waals surface area contributed by atoms with Crippen LogP contribution in [0.15, 0.2) is 18.2 Å². The van der Waals surface area contributed by atoms with Crippen molar-refractivity contribution in [2.75, 3.05) is 7.11 Å². The Bertz CT molecular complexity index is 564. The number of amides is 1. The predicted octanol–water partition coefficient (Wildman–Crippen LogP) is 2.75. The number of hydrogen-bond donors (Lipinski definition) is 2. The number of hydrogen-bond acceptors (Lipinski definition) is 3. The Morgan fingerprint density at radius 2 is 2.00 bits per heavy atom. The average Bonchev–Trinajstić information content (AvgIpc) is 2.60. The monoisotopic (exact) mass is 352 g/mol. The molecule has 1 aromatic carbocycles. The summed E-state index contributed by atoms with van der Waals surface area (Å²) >= 11 is 0. The van der Waals surface area contributed by atoms with Crippen LogP contribution in [0.1, 0.15) is 48.8 Å². The summed E-state index contributed by atoms with van der Waals surface area (Å²) in [4.78, 5) is 12.4. The van der Waals surface area contributed by atoms with Crippen molar-refractivity contribution in [2.24, 2.45) is 11.7 Å². The molecule has 0 spiro atoms. The second-order valence-electron chi connectivity index (χ2n) is 6.98. The maximum absolute atomic E-state index is 12.4. The van der Waals surface area contributed by atoms with E-state index in [2.05, 4.69) is 23.5 Å². The fraction of sp³-hybridized carbons (Fsp3) is 0.632. The van der Waals surface area contributed by atoms with Gasteiger partial charge in [0.25, 0.3) is 0 Å². The Balaban J connectivity index is 0.00000208. The quantitative estimate of drug-likeness (QED) is 0.875. The molecule has 0 aliphatic heterocycles. The van der Waals surface area contributed by atoms with Gasteiger partial charge < -0.3 is 15.8 Å². The van der Waals surface area contributed by atoms with Crippen molar-refractivity contribution in [1.29, 1.82) is 0 Å². The van der Waals surface area contributed by atoms with E-state index >= 15 is 0 Å². The highest BCUT2D eigenvalue weighted by Gasteiger charge is 2.31. The number of carbonyl (C=O) groups excluding carboxylic acids is 1. The molecule has 2 aliphatic rings. The molecule has 0 saturated heterocycles. The van der Waals surface area contributed by atoms with E-state index in [9.17, 15) is 4.79 Å². The van der Waals surface area contributed by atoms with Crippen LogP contribution < -0.4 is 11.1 Å². The molecule has 3 rings (SSSR count). The van der Waals surface area contributed by atoms with Gasteiger partial charge in [-0.1, -0.05) is 18.2 Å². The van der Waals surface area contributed by atoms with Gasteiger partial charge >= 0.3 is 0 Å². The van der Waals surface area contributed by atoms with Gasteiger partial charge in [-0.15, -0.1) is 12.4 Å². The van der Waals surface area contributed by atoms with Crippen molar-refractivity contribution in [3.8, 4) is 0 Å². The van der Waals surface area contributed by atoms with Crippen LogP contribution in [-0.4, -0.2) is 25.2 Å². The Kier molecular flexibility index (Phi) is 7.08. The number of fused-ring (bicyclic) bond motifs is 1. The van der Waals surface area contributed by atoms with E-state index in [0.29, 0.717) is 6.54 Å². The van der Waals surface area contributed by atoms with Crippen LogP contribution in [0.2, 0.25) is 0 Å². The number of benzene rings is 1. The van der Waals surface area contributed by atoms with Gasteiger partial charge in [-0.25, -0.2) is 0 Å². The molecule has 1 saturated carbocycles. The third-order valence-corrected chi connectivity index (χ3v) is 5.40. The highest BCUT2D eigenvalue weighted by molar-refractivity contribution is 5.85. The van der Waals surface area contributed by atoms with Crippen LogP contribution in [0.4, 0.5) is 0 Å². The largest absolute Gasteiger partial charge is 0.380 e. The second kappa shape index (κ2) is 8.84. The number of halogens is 1. The highest BCUT2D eigenvalue weighted by Crippen LogP contribution is 2.26. The van der Waals surface area contributed by atoms with E-state index in [1.165, 1.54) is 42.4 Å². The van der Waals surface area contributed by atoms with Crippen molar-refractivity contribution in [2.45, 2.75) is 63.6 Å². The summed E-state index contributed by atoms with van der Waals surface area (Å²) in [6, 6.07) is 6.71. The zero-order chi connectivity index (χ0) is 16.2. The van der Waals surface area contributed by atoms with Crippen LogP contribution in [0.3, 0.4) is 0 Å². The predicted molar refractivity (Wildman–Crippen MR) is 98.3 cm³/mol. The first-order chi connectivity index (χ1) is 11.2. The van der Waals surface area contributed by atoms with Gasteiger partial charge in [-0.05, 0) is 61.6 Å². The molecule has 24 heavy (non-hydrogen) atoms. The molecular weight excluding hydrogens is 324 g/mol. The van der Waals surface area contributed by atoms with Crippen molar-refractivity contribution < 1.29 is 9.53 Å². The van der Waals surface area contributed by atoms with Gasteiger partial charge in [0.15, 0.2) is 0 Å². The fourth-order valence-electron chi connectivity index (χ4n) is 3.89. The van der Waals surface area contributed by atoms with E-state index in [4.69, 9.17) is 10.5 Å². The van der Waals surface area contributed by atoms with E-state index in [1.54, 1.807) is 7.11 Å².